The van der Waals surface area contributed by atoms with Crippen LogP contribution in [0.15, 0.2) is 53.4 Å². The van der Waals surface area contributed by atoms with Crippen LogP contribution in [0.1, 0.15) is 35.7 Å². The van der Waals surface area contributed by atoms with Crippen molar-refractivity contribution in [1.29, 1.82) is 0 Å². The van der Waals surface area contributed by atoms with Crippen LogP contribution in [-0.2, 0) is 26.0 Å². The van der Waals surface area contributed by atoms with E-state index in [0.717, 1.165) is 5.56 Å². The Bertz CT molecular complexity index is 1400. The summed E-state index contributed by atoms with van der Waals surface area (Å²) in [6.07, 6.45) is 1.19. The number of amides is 5. The minimum Gasteiger partial charge on any atom is -0.365 e. The smallest absolute Gasteiger partial charge is 0.322 e. The number of fused-ring (bicyclic) bond motifs is 1. The molecule has 3 heterocycles. The predicted molar refractivity (Wildman–Crippen MR) is 143 cm³/mol. The lowest BCUT2D eigenvalue weighted by molar-refractivity contribution is -0.130. The number of nitrogens with zero attached hydrogens (tertiary/aromatic N) is 2. The number of nitrogens with one attached hydrogen (secondary N) is 3. The number of carbonyl (C=O) groups excluding carboxylic acids is 4. The molecule has 3 N–H and O–H groups in total. The molecule has 11 nitrogen and oxygen atoms in total. The third-order valence-electron chi connectivity index (χ3n) is 7.72. The van der Waals surface area contributed by atoms with Crippen LogP contribution >= 0.6 is 0 Å². The Labute approximate surface area is 226 Å². The SMILES string of the molecule is CC(=O)N1CCC(C(NC(=O)c2ccc(CN3CCS(=O)(=O)c4ccccc43)cc2)C2NC(=O)NC2=O)CC1. The number of anilines is 1. The van der Waals surface area contributed by atoms with Crippen molar-refractivity contribution in [2.75, 3.05) is 30.3 Å². The second-order valence-electron chi connectivity index (χ2n) is 10.2. The fraction of sp³-hybridized carbons (Fsp3) is 0.407. The first-order chi connectivity index (χ1) is 18.6. The Morgan fingerprint density at radius 1 is 1.03 bits per heavy atom. The molecule has 3 aliphatic heterocycles. The van der Waals surface area contributed by atoms with Gasteiger partial charge in [0, 0.05) is 38.7 Å². The number of rotatable bonds is 6. The Morgan fingerprint density at radius 3 is 2.36 bits per heavy atom. The van der Waals surface area contributed by atoms with Gasteiger partial charge in [0.2, 0.25) is 5.91 Å². The summed E-state index contributed by atoms with van der Waals surface area (Å²) >= 11 is 0. The van der Waals surface area contributed by atoms with Gasteiger partial charge in [0.05, 0.1) is 22.4 Å². The first kappa shape index (κ1) is 26.7. The van der Waals surface area contributed by atoms with E-state index in [4.69, 9.17) is 0 Å². The maximum atomic E-state index is 13.3. The van der Waals surface area contributed by atoms with Crippen LogP contribution in [0.4, 0.5) is 10.5 Å². The normalized spacial score (nSPS) is 21.5. The average molecular weight is 554 g/mol. The summed E-state index contributed by atoms with van der Waals surface area (Å²) in [5.74, 6) is -0.936. The van der Waals surface area contributed by atoms with Gasteiger partial charge < -0.3 is 20.4 Å². The zero-order chi connectivity index (χ0) is 27.7. The van der Waals surface area contributed by atoms with Crippen molar-refractivity contribution in [1.82, 2.24) is 20.9 Å². The average Bonchev–Trinajstić information content (AvgIpc) is 3.26. The van der Waals surface area contributed by atoms with E-state index in [9.17, 15) is 27.6 Å². The van der Waals surface area contributed by atoms with Gasteiger partial charge in [0.15, 0.2) is 9.84 Å². The van der Waals surface area contributed by atoms with Crippen molar-refractivity contribution < 1.29 is 27.6 Å². The van der Waals surface area contributed by atoms with Crippen molar-refractivity contribution >= 4 is 39.3 Å². The number of likely N-dealkylation sites (tertiary alicyclic amines) is 1. The molecule has 0 bridgehead atoms. The largest absolute Gasteiger partial charge is 0.365 e. The molecule has 2 fully saturated rings. The molecule has 0 aromatic heterocycles. The Kier molecular flexibility index (Phi) is 7.30. The fourth-order valence-electron chi connectivity index (χ4n) is 5.56. The molecule has 0 saturated carbocycles. The summed E-state index contributed by atoms with van der Waals surface area (Å²) in [5.41, 5.74) is 1.98. The van der Waals surface area contributed by atoms with E-state index in [1.54, 1.807) is 35.2 Å². The third kappa shape index (κ3) is 5.60. The van der Waals surface area contributed by atoms with Gasteiger partial charge in [-0.2, -0.15) is 0 Å². The van der Waals surface area contributed by atoms with E-state index in [-0.39, 0.29) is 23.5 Å². The number of hydrogen-bond acceptors (Lipinski definition) is 7. The van der Waals surface area contributed by atoms with Crippen LogP contribution in [-0.4, -0.2) is 74.5 Å². The minimum absolute atomic E-state index is 0.0179. The highest BCUT2D eigenvalue weighted by Crippen LogP contribution is 2.31. The highest BCUT2D eigenvalue weighted by molar-refractivity contribution is 7.91. The van der Waals surface area contributed by atoms with Crippen molar-refractivity contribution in [3.05, 3.63) is 59.7 Å². The molecule has 3 aliphatic rings. The van der Waals surface area contributed by atoms with E-state index >= 15 is 0 Å². The summed E-state index contributed by atoms with van der Waals surface area (Å²) in [6.45, 7) is 3.41. The molecule has 0 radical (unpaired) electrons. The van der Waals surface area contributed by atoms with E-state index in [2.05, 4.69) is 16.0 Å². The van der Waals surface area contributed by atoms with Gasteiger partial charge in [-0.15, -0.1) is 0 Å². The van der Waals surface area contributed by atoms with Crippen molar-refractivity contribution in [2.45, 2.75) is 43.3 Å². The van der Waals surface area contributed by atoms with Crippen LogP contribution in [0.3, 0.4) is 0 Å². The first-order valence-electron chi connectivity index (χ1n) is 13.0. The number of para-hydroxylation sites is 1. The standard InChI is InChI=1S/C27H31N5O6S/c1-17(33)31-12-10-19(11-13-31)23(24-26(35)30-27(36)29-24)28-25(34)20-8-6-18(7-9-20)16-32-14-15-39(37,38)22-5-3-2-4-21(22)32/h2-9,19,23-24H,10-16H2,1H3,(H,28,34)(H2,29,30,35,36). The summed E-state index contributed by atoms with van der Waals surface area (Å²) in [7, 11) is -3.30. The molecule has 0 spiro atoms. The van der Waals surface area contributed by atoms with E-state index in [1.807, 2.05) is 23.1 Å². The highest BCUT2D eigenvalue weighted by Gasteiger charge is 2.42. The van der Waals surface area contributed by atoms with E-state index in [1.165, 1.54) is 6.92 Å². The summed E-state index contributed by atoms with van der Waals surface area (Å²) in [6, 6.07) is 11.9. The molecule has 2 unspecified atom stereocenters. The summed E-state index contributed by atoms with van der Waals surface area (Å²) < 4.78 is 24.9. The van der Waals surface area contributed by atoms with Gasteiger partial charge in [0.25, 0.3) is 11.8 Å². The van der Waals surface area contributed by atoms with E-state index < -0.39 is 33.9 Å². The van der Waals surface area contributed by atoms with Crippen LogP contribution in [0.25, 0.3) is 0 Å². The van der Waals surface area contributed by atoms with Crippen LogP contribution in [0, 0.1) is 5.92 Å². The summed E-state index contributed by atoms with van der Waals surface area (Å²) in [5, 5.41) is 7.82. The molecule has 2 aromatic rings. The zero-order valence-corrected chi connectivity index (χ0v) is 22.4. The number of hydrogen-bond donors (Lipinski definition) is 3. The number of urea groups is 1. The van der Waals surface area contributed by atoms with Gasteiger partial charge in [-0.1, -0.05) is 24.3 Å². The van der Waals surface area contributed by atoms with Gasteiger partial charge >= 0.3 is 6.03 Å². The predicted octanol–water partition coefficient (Wildman–Crippen LogP) is 1.05. The molecular formula is C27H31N5O6S. The lowest BCUT2D eigenvalue weighted by Crippen LogP contribution is -2.56. The van der Waals surface area contributed by atoms with Crippen LogP contribution < -0.4 is 20.9 Å². The number of benzene rings is 2. The van der Waals surface area contributed by atoms with E-state index in [0.29, 0.717) is 55.2 Å². The zero-order valence-electron chi connectivity index (χ0n) is 21.6. The second kappa shape index (κ2) is 10.7. The maximum Gasteiger partial charge on any atom is 0.322 e. The molecule has 2 aromatic carbocycles. The number of sulfone groups is 1. The number of imide groups is 1. The summed E-state index contributed by atoms with van der Waals surface area (Å²) in [4.78, 5) is 53.3. The molecule has 12 heteroatoms. The lowest BCUT2D eigenvalue weighted by atomic mass is 9.85. The monoisotopic (exact) mass is 553 g/mol. The quantitative estimate of drug-likeness (QED) is 0.454. The van der Waals surface area contributed by atoms with Gasteiger partial charge in [-0.05, 0) is 48.6 Å². The van der Waals surface area contributed by atoms with Gasteiger partial charge in [-0.3, -0.25) is 19.7 Å². The highest BCUT2D eigenvalue weighted by atomic mass is 32.2. The van der Waals surface area contributed by atoms with Crippen molar-refractivity contribution in [2.24, 2.45) is 5.92 Å². The molecule has 206 valence electrons. The molecule has 5 amide bonds. The Balaban J connectivity index is 1.29. The van der Waals surface area contributed by atoms with Crippen LogP contribution in [0.5, 0.6) is 0 Å². The molecular weight excluding hydrogens is 522 g/mol. The lowest BCUT2D eigenvalue weighted by Gasteiger charge is -2.37. The second-order valence-corrected chi connectivity index (χ2v) is 12.3. The number of piperidine rings is 1. The first-order valence-corrected chi connectivity index (χ1v) is 14.6. The fourth-order valence-corrected chi connectivity index (χ4v) is 7.04. The molecule has 2 saturated heterocycles. The molecule has 5 rings (SSSR count). The van der Waals surface area contributed by atoms with Gasteiger partial charge in [0.1, 0.15) is 6.04 Å². The molecule has 2 atom stereocenters. The van der Waals surface area contributed by atoms with Crippen molar-refractivity contribution in [3.63, 3.8) is 0 Å². The van der Waals surface area contributed by atoms with Crippen molar-refractivity contribution in [3.8, 4) is 0 Å². The topological polar surface area (TPSA) is 145 Å². The van der Waals surface area contributed by atoms with Crippen LogP contribution in [0.2, 0.25) is 0 Å². The number of carbonyl (C=O) groups is 4. The Hall–Kier alpha value is -3.93. The Morgan fingerprint density at radius 2 is 1.72 bits per heavy atom. The third-order valence-corrected chi connectivity index (χ3v) is 9.45. The molecule has 39 heavy (non-hydrogen) atoms. The molecule has 0 aliphatic carbocycles. The minimum atomic E-state index is -3.30. The van der Waals surface area contributed by atoms with Gasteiger partial charge in [-0.25, -0.2) is 13.2 Å². The maximum absolute atomic E-state index is 13.3.